The zero-order valence-electron chi connectivity index (χ0n) is 12.8. The van der Waals surface area contributed by atoms with Crippen molar-refractivity contribution in [3.63, 3.8) is 0 Å². The second-order valence-corrected chi connectivity index (χ2v) is 8.05. The van der Waals surface area contributed by atoms with Crippen LogP contribution in [0.3, 0.4) is 0 Å². The molecule has 1 aliphatic heterocycles. The Balaban J connectivity index is 2.04. The van der Waals surface area contributed by atoms with Crippen LogP contribution in [-0.2, 0) is 10.0 Å². The molecule has 24 heavy (non-hydrogen) atoms. The molecule has 126 valence electrons. The standard InChI is InChI=1S/C17H16ClNO4S/c18-15-9-13(8-14(10-15)17(20)21)12-4-3-5-16(11-12)24(22,23)19-6-1-2-7-19/h3-5,8-11H,1-2,6-7H2,(H,20,21). The minimum absolute atomic E-state index is 0.0605. The number of rotatable bonds is 4. The second kappa shape index (κ2) is 6.55. The molecule has 0 amide bonds. The summed E-state index contributed by atoms with van der Waals surface area (Å²) in [4.78, 5) is 11.4. The molecule has 0 bridgehead atoms. The summed E-state index contributed by atoms with van der Waals surface area (Å²) >= 11 is 5.99. The van der Waals surface area contributed by atoms with Crippen LogP contribution < -0.4 is 0 Å². The Morgan fingerprint density at radius 2 is 1.75 bits per heavy atom. The van der Waals surface area contributed by atoms with E-state index in [1.807, 2.05) is 0 Å². The maximum absolute atomic E-state index is 12.7. The van der Waals surface area contributed by atoms with Crippen molar-refractivity contribution in [1.82, 2.24) is 4.31 Å². The normalized spacial score (nSPS) is 15.5. The fourth-order valence-electron chi connectivity index (χ4n) is 2.79. The van der Waals surface area contributed by atoms with Crippen LogP contribution in [0.5, 0.6) is 0 Å². The fraction of sp³-hybridized carbons (Fsp3) is 0.235. The Labute approximate surface area is 145 Å². The van der Waals surface area contributed by atoms with Gasteiger partial charge < -0.3 is 5.11 Å². The number of sulfonamides is 1. The molecular weight excluding hydrogens is 350 g/mol. The van der Waals surface area contributed by atoms with Gasteiger partial charge in [-0.3, -0.25) is 0 Å². The van der Waals surface area contributed by atoms with Gasteiger partial charge in [-0.05, 0) is 54.3 Å². The Kier molecular flexibility index (Phi) is 4.62. The van der Waals surface area contributed by atoms with Crippen molar-refractivity contribution >= 4 is 27.6 Å². The molecule has 7 heteroatoms. The van der Waals surface area contributed by atoms with Gasteiger partial charge in [0.05, 0.1) is 10.5 Å². The summed E-state index contributed by atoms with van der Waals surface area (Å²) in [5, 5.41) is 9.44. The van der Waals surface area contributed by atoms with Crippen molar-refractivity contribution in [3.05, 3.63) is 53.1 Å². The molecule has 1 saturated heterocycles. The van der Waals surface area contributed by atoms with E-state index in [1.165, 1.54) is 16.4 Å². The van der Waals surface area contributed by atoms with Crippen LogP contribution >= 0.6 is 11.6 Å². The molecule has 0 unspecified atom stereocenters. The van der Waals surface area contributed by atoms with Crippen molar-refractivity contribution in [1.29, 1.82) is 0 Å². The van der Waals surface area contributed by atoms with Crippen LogP contribution in [0.4, 0.5) is 0 Å². The number of hydrogen-bond acceptors (Lipinski definition) is 3. The van der Waals surface area contributed by atoms with E-state index in [-0.39, 0.29) is 15.5 Å². The first-order chi connectivity index (χ1) is 11.4. The molecule has 2 aromatic rings. The summed E-state index contributed by atoms with van der Waals surface area (Å²) in [6, 6.07) is 11.0. The average Bonchev–Trinajstić information content (AvgIpc) is 3.09. The number of carboxylic acids is 1. The molecule has 3 rings (SSSR count). The van der Waals surface area contributed by atoms with Crippen LogP contribution in [0.15, 0.2) is 47.4 Å². The van der Waals surface area contributed by atoms with Crippen molar-refractivity contribution < 1.29 is 18.3 Å². The van der Waals surface area contributed by atoms with E-state index >= 15 is 0 Å². The van der Waals surface area contributed by atoms with Gasteiger partial charge in [0.25, 0.3) is 0 Å². The number of carboxylic acid groups (broad SMARTS) is 1. The van der Waals surface area contributed by atoms with E-state index in [2.05, 4.69) is 0 Å². The van der Waals surface area contributed by atoms with E-state index < -0.39 is 16.0 Å². The first-order valence-electron chi connectivity index (χ1n) is 7.52. The summed E-state index contributed by atoms with van der Waals surface area (Å²) in [6.07, 6.45) is 1.74. The number of carbonyl (C=O) groups is 1. The quantitative estimate of drug-likeness (QED) is 0.899. The highest BCUT2D eigenvalue weighted by Gasteiger charge is 2.27. The highest BCUT2D eigenvalue weighted by molar-refractivity contribution is 7.89. The van der Waals surface area contributed by atoms with E-state index in [0.717, 1.165) is 12.8 Å². The van der Waals surface area contributed by atoms with E-state index in [1.54, 1.807) is 30.3 Å². The molecule has 0 saturated carbocycles. The lowest BCUT2D eigenvalue weighted by Gasteiger charge is -2.16. The monoisotopic (exact) mass is 365 g/mol. The predicted octanol–water partition coefficient (Wildman–Crippen LogP) is 3.49. The molecule has 0 aromatic heterocycles. The Morgan fingerprint density at radius 3 is 2.42 bits per heavy atom. The highest BCUT2D eigenvalue weighted by atomic mass is 35.5. The van der Waals surface area contributed by atoms with Crippen molar-refractivity contribution in [3.8, 4) is 11.1 Å². The maximum Gasteiger partial charge on any atom is 0.335 e. The molecule has 1 heterocycles. The SMILES string of the molecule is O=C(O)c1cc(Cl)cc(-c2cccc(S(=O)(=O)N3CCCC3)c2)c1. The molecule has 2 aromatic carbocycles. The second-order valence-electron chi connectivity index (χ2n) is 5.67. The maximum atomic E-state index is 12.7. The third-order valence-corrected chi connectivity index (χ3v) is 6.13. The molecule has 0 spiro atoms. The lowest BCUT2D eigenvalue weighted by molar-refractivity contribution is 0.0697. The van der Waals surface area contributed by atoms with Crippen molar-refractivity contribution in [2.45, 2.75) is 17.7 Å². The molecule has 1 N–H and O–H groups in total. The smallest absolute Gasteiger partial charge is 0.335 e. The van der Waals surface area contributed by atoms with Crippen molar-refractivity contribution in [2.24, 2.45) is 0 Å². The molecule has 1 aliphatic rings. The number of nitrogens with zero attached hydrogens (tertiary/aromatic N) is 1. The van der Waals surface area contributed by atoms with Crippen LogP contribution in [0, 0.1) is 0 Å². The van der Waals surface area contributed by atoms with Gasteiger partial charge in [-0.1, -0.05) is 23.7 Å². The summed E-state index contributed by atoms with van der Waals surface area (Å²) in [7, 11) is -3.52. The highest BCUT2D eigenvalue weighted by Crippen LogP contribution is 2.28. The van der Waals surface area contributed by atoms with E-state index in [4.69, 9.17) is 16.7 Å². The van der Waals surface area contributed by atoms with E-state index in [0.29, 0.717) is 24.2 Å². The van der Waals surface area contributed by atoms with Gasteiger partial charge in [0, 0.05) is 18.1 Å². The summed E-state index contributed by atoms with van der Waals surface area (Å²) in [6.45, 7) is 1.07. The zero-order valence-corrected chi connectivity index (χ0v) is 14.3. The summed E-state index contributed by atoms with van der Waals surface area (Å²) in [5.41, 5.74) is 1.24. The summed E-state index contributed by atoms with van der Waals surface area (Å²) in [5.74, 6) is -1.08. The third kappa shape index (κ3) is 3.31. The van der Waals surface area contributed by atoms with Gasteiger partial charge in [-0.25, -0.2) is 13.2 Å². The van der Waals surface area contributed by atoms with Crippen LogP contribution in [0.1, 0.15) is 23.2 Å². The Bertz CT molecular complexity index is 889. The van der Waals surface area contributed by atoms with Gasteiger partial charge in [0.2, 0.25) is 10.0 Å². The molecule has 0 aliphatic carbocycles. The first-order valence-corrected chi connectivity index (χ1v) is 9.34. The van der Waals surface area contributed by atoms with Crippen molar-refractivity contribution in [2.75, 3.05) is 13.1 Å². The topological polar surface area (TPSA) is 74.7 Å². The molecule has 5 nitrogen and oxygen atoms in total. The molecule has 0 atom stereocenters. The van der Waals surface area contributed by atoms with Crippen LogP contribution in [-0.4, -0.2) is 36.9 Å². The Hall–Kier alpha value is -1.89. The average molecular weight is 366 g/mol. The fourth-order valence-corrected chi connectivity index (χ4v) is 4.59. The number of aromatic carboxylic acids is 1. The lowest BCUT2D eigenvalue weighted by Crippen LogP contribution is -2.27. The molecule has 1 fully saturated rings. The minimum Gasteiger partial charge on any atom is -0.478 e. The molecule has 0 radical (unpaired) electrons. The largest absolute Gasteiger partial charge is 0.478 e. The van der Waals surface area contributed by atoms with Gasteiger partial charge in [-0.2, -0.15) is 4.31 Å². The van der Waals surface area contributed by atoms with Gasteiger partial charge in [0.15, 0.2) is 0 Å². The van der Waals surface area contributed by atoms with Gasteiger partial charge >= 0.3 is 5.97 Å². The lowest BCUT2D eigenvalue weighted by atomic mass is 10.0. The van der Waals surface area contributed by atoms with Gasteiger partial charge in [-0.15, -0.1) is 0 Å². The number of hydrogen-bond donors (Lipinski definition) is 1. The van der Waals surface area contributed by atoms with Crippen LogP contribution in [0.2, 0.25) is 5.02 Å². The van der Waals surface area contributed by atoms with Gasteiger partial charge in [0.1, 0.15) is 0 Å². The first kappa shape index (κ1) is 17.0. The van der Waals surface area contributed by atoms with Crippen LogP contribution in [0.25, 0.3) is 11.1 Å². The molecular formula is C17H16ClNO4S. The van der Waals surface area contributed by atoms with E-state index in [9.17, 15) is 13.2 Å². The summed E-state index contributed by atoms with van der Waals surface area (Å²) < 4.78 is 26.8. The Morgan fingerprint density at radius 1 is 1.04 bits per heavy atom. The number of benzene rings is 2. The zero-order chi connectivity index (χ0) is 17.3. The third-order valence-electron chi connectivity index (χ3n) is 4.01. The predicted molar refractivity (Wildman–Crippen MR) is 91.8 cm³/mol. The number of halogens is 1. The minimum atomic E-state index is -3.52.